The molecule has 0 aliphatic heterocycles. The van der Waals surface area contributed by atoms with Gasteiger partial charge in [-0.1, -0.05) is 6.07 Å². The van der Waals surface area contributed by atoms with Crippen LogP contribution in [0.25, 0.3) is 0 Å². The number of aromatic nitrogens is 2. The third-order valence-corrected chi connectivity index (χ3v) is 2.72. The third kappa shape index (κ3) is 2.89. The van der Waals surface area contributed by atoms with Gasteiger partial charge in [-0.25, -0.2) is 4.39 Å². The Labute approximate surface area is 109 Å². The van der Waals surface area contributed by atoms with Gasteiger partial charge in [-0.3, -0.25) is 4.68 Å². The van der Waals surface area contributed by atoms with Gasteiger partial charge in [0.2, 0.25) is 0 Å². The molecular formula is C13H13FN4O. The number of benzene rings is 1. The van der Waals surface area contributed by atoms with Crippen molar-refractivity contribution in [2.75, 3.05) is 11.9 Å². The lowest BCUT2D eigenvalue weighted by Gasteiger charge is -2.12. The maximum atomic E-state index is 13.4. The van der Waals surface area contributed by atoms with Crippen molar-refractivity contribution in [1.82, 2.24) is 9.78 Å². The number of nitrogens with one attached hydrogen (secondary N) is 1. The molecular weight excluding hydrogens is 247 g/mol. The Morgan fingerprint density at radius 2 is 2.37 bits per heavy atom. The smallest absolute Gasteiger partial charge is 0.143 e. The van der Waals surface area contributed by atoms with Gasteiger partial charge in [-0.2, -0.15) is 10.4 Å². The van der Waals surface area contributed by atoms with Crippen LogP contribution < -0.4 is 5.32 Å². The minimum Gasteiger partial charge on any atom is -0.386 e. The van der Waals surface area contributed by atoms with E-state index in [2.05, 4.69) is 10.4 Å². The number of aliphatic hydroxyl groups is 1. The van der Waals surface area contributed by atoms with Crippen molar-refractivity contribution in [3.63, 3.8) is 0 Å². The second kappa shape index (κ2) is 5.50. The topological polar surface area (TPSA) is 73.9 Å². The van der Waals surface area contributed by atoms with Gasteiger partial charge >= 0.3 is 0 Å². The lowest BCUT2D eigenvalue weighted by Crippen LogP contribution is -2.12. The number of aryl methyl sites for hydroxylation is 1. The summed E-state index contributed by atoms with van der Waals surface area (Å²) >= 11 is 0. The highest BCUT2D eigenvalue weighted by atomic mass is 19.1. The largest absolute Gasteiger partial charge is 0.386 e. The third-order valence-electron chi connectivity index (χ3n) is 2.72. The molecule has 19 heavy (non-hydrogen) atoms. The van der Waals surface area contributed by atoms with Crippen LogP contribution in [0, 0.1) is 17.1 Å². The fraction of sp³-hybridized carbons (Fsp3) is 0.231. The summed E-state index contributed by atoms with van der Waals surface area (Å²) in [7, 11) is 1.75. The first-order valence-electron chi connectivity index (χ1n) is 5.71. The highest BCUT2D eigenvalue weighted by molar-refractivity contribution is 5.57. The first-order valence-corrected chi connectivity index (χ1v) is 5.71. The molecule has 0 saturated heterocycles. The summed E-state index contributed by atoms with van der Waals surface area (Å²) in [6.45, 7) is 0.170. The number of hydrogen-bond acceptors (Lipinski definition) is 4. The molecule has 0 fully saturated rings. The number of anilines is 1. The molecule has 1 heterocycles. The second-order valence-electron chi connectivity index (χ2n) is 4.12. The van der Waals surface area contributed by atoms with E-state index >= 15 is 0 Å². The van der Waals surface area contributed by atoms with E-state index in [0.29, 0.717) is 11.3 Å². The maximum Gasteiger partial charge on any atom is 0.143 e. The summed E-state index contributed by atoms with van der Waals surface area (Å²) in [6, 6.07) is 6.12. The molecule has 6 heteroatoms. The lowest BCUT2D eigenvalue weighted by molar-refractivity contribution is 0.191. The Kier molecular flexibility index (Phi) is 3.78. The molecule has 0 bridgehead atoms. The fourth-order valence-corrected chi connectivity index (χ4v) is 1.72. The van der Waals surface area contributed by atoms with Crippen LogP contribution in [0.5, 0.6) is 0 Å². The van der Waals surface area contributed by atoms with Crippen LogP contribution in [-0.2, 0) is 7.05 Å². The normalized spacial score (nSPS) is 11.9. The Morgan fingerprint density at radius 1 is 1.58 bits per heavy atom. The van der Waals surface area contributed by atoms with Gasteiger partial charge in [-0.15, -0.1) is 0 Å². The zero-order chi connectivity index (χ0) is 13.8. The molecule has 5 nitrogen and oxygen atoms in total. The Balaban J connectivity index is 2.07. The highest BCUT2D eigenvalue weighted by Gasteiger charge is 2.12. The van der Waals surface area contributed by atoms with Crippen LogP contribution in [0.3, 0.4) is 0 Å². The maximum absolute atomic E-state index is 13.4. The number of hydrogen-bond donors (Lipinski definition) is 2. The zero-order valence-corrected chi connectivity index (χ0v) is 10.3. The van der Waals surface area contributed by atoms with Crippen molar-refractivity contribution in [2.45, 2.75) is 6.10 Å². The fourth-order valence-electron chi connectivity index (χ4n) is 1.72. The minimum atomic E-state index is -0.775. The first-order chi connectivity index (χ1) is 9.11. The van der Waals surface area contributed by atoms with Gasteiger partial charge in [0.05, 0.1) is 18.0 Å². The summed E-state index contributed by atoms with van der Waals surface area (Å²) in [6.07, 6.45) is 2.48. The molecule has 1 atom stereocenters. The molecule has 98 valence electrons. The van der Waals surface area contributed by atoms with E-state index in [-0.39, 0.29) is 12.1 Å². The number of nitrogens with zero attached hydrogens (tertiary/aromatic N) is 3. The quantitative estimate of drug-likeness (QED) is 0.875. The van der Waals surface area contributed by atoms with E-state index in [1.54, 1.807) is 36.3 Å². The first kappa shape index (κ1) is 13.1. The van der Waals surface area contributed by atoms with Crippen molar-refractivity contribution >= 4 is 5.69 Å². The predicted octanol–water partition coefficient (Wildman–Crippen LogP) is 1.58. The molecule has 2 rings (SSSR count). The van der Waals surface area contributed by atoms with Gasteiger partial charge in [0.1, 0.15) is 17.4 Å². The van der Waals surface area contributed by atoms with Crippen LogP contribution in [-0.4, -0.2) is 21.4 Å². The molecule has 1 unspecified atom stereocenters. The summed E-state index contributed by atoms with van der Waals surface area (Å²) in [4.78, 5) is 0. The van der Waals surface area contributed by atoms with E-state index in [1.165, 1.54) is 12.1 Å². The Hall–Kier alpha value is -2.39. The van der Waals surface area contributed by atoms with Crippen molar-refractivity contribution in [2.24, 2.45) is 7.05 Å². The number of halogens is 1. The van der Waals surface area contributed by atoms with Crippen LogP contribution in [0.4, 0.5) is 10.1 Å². The minimum absolute atomic E-state index is 0.0547. The van der Waals surface area contributed by atoms with Crippen LogP contribution in [0.1, 0.15) is 17.2 Å². The van der Waals surface area contributed by atoms with Crippen molar-refractivity contribution < 1.29 is 9.50 Å². The molecule has 0 aliphatic carbocycles. The van der Waals surface area contributed by atoms with E-state index in [9.17, 15) is 9.50 Å². The monoisotopic (exact) mass is 260 g/mol. The van der Waals surface area contributed by atoms with Crippen LogP contribution in [0.2, 0.25) is 0 Å². The molecule has 1 aromatic heterocycles. The van der Waals surface area contributed by atoms with Crippen molar-refractivity contribution in [3.05, 3.63) is 47.5 Å². The molecule has 0 radical (unpaired) electrons. The molecule has 0 saturated carbocycles. The molecule has 2 aromatic rings. The van der Waals surface area contributed by atoms with Gasteiger partial charge < -0.3 is 10.4 Å². The van der Waals surface area contributed by atoms with Crippen LogP contribution in [0.15, 0.2) is 30.6 Å². The average Bonchev–Trinajstić information content (AvgIpc) is 2.83. The SMILES string of the molecule is Cn1cc(C(O)CNc2cccc(F)c2C#N)cn1. The number of aliphatic hydroxyl groups excluding tert-OH is 1. The van der Waals surface area contributed by atoms with E-state index in [4.69, 9.17) is 5.26 Å². The van der Waals surface area contributed by atoms with Crippen molar-refractivity contribution in [1.29, 1.82) is 5.26 Å². The van der Waals surface area contributed by atoms with E-state index in [0.717, 1.165) is 0 Å². The molecule has 0 amide bonds. The zero-order valence-electron chi connectivity index (χ0n) is 10.3. The number of nitriles is 1. The summed E-state index contributed by atoms with van der Waals surface area (Å²) in [5, 5.41) is 25.6. The summed E-state index contributed by atoms with van der Waals surface area (Å²) in [5.41, 5.74) is 0.969. The Bertz CT molecular complexity index is 617. The van der Waals surface area contributed by atoms with E-state index in [1.807, 2.05) is 0 Å². The van der Waals surface area contributed by atoms with E-state index < -0.39 is 11.9 Å². The van der Waals surface area contributed by atoms with Gasteiger partial charge in [0.25, 0.3) is 0 Å². The van der Waals surface area contributed by atoms with Crippen LogP contribution >= 0.6 is 0 Å². The van der Waals surface area contributed by atoms with Crippen molar-refractivity contribution in [3.8, 4) is 6.07 Å². The standard InChI is InChI=1S/C13H13FN4O/c1-18-8-9(6-17-18)13(19)7-16-12-4-2-3-11(14)10(12)5-15/h2-4,6,8,13,16,19H,7H2,1H3. The Morgan fingerprint density at radius 3 is 3.00 bits per heavy atom. The summed E-state index contributed by atoms with van der Waals surface area (Å²) in [5.74, 6) is -0.580. The average molecular weight is 260 g/mol. The summed E-state index contributed by atoms with van der Waals surface area (Å²) < 4.78 is 14.9. The molecule has 2 N–H and O–H groups in total. The predicted molar refractivity (Wildman–Crippen MR) is 67.8 cm³/mol. The second-order valence-corrected chi connectivity index (χ2v) is 4.12. The highest BCUT2D eigenvalue weighted by Crippen LogP contribution is 2.19. The molecule has 1 aromatic carbocycles. The van der Waals surface area contributed by atoms with Gasteiger partial charge in [-0.05, 0) is 12.1 Å². The molecule has 0 spiro atoms. The number of rotatable bonds is 4. The molecule has 0 aliphatic rings. The lowest BCUT2D eigenvalue weighted by atomic mass is 10.1. The van der Waals surface area contributed by atoms with Gasteiger partial charge in [0.15, 0.2) is 0 Å². The van der Waals surface area contributed by atoms with Gasteiger partial charge in [0, 0.05) is 25.4 Å².